The van der Waals surface area contributed by atoms with Crippen LogP contribution in [0.3, 0.4) is 0 Å². The molecule has 98 valence electrons. The number of anilines is 1. The van der Waals surface area contributed by atoms with Gasteiger partial charge in [-0.1, -0.05) is 41.9 Å². The van der Waals surface area contributed by atoms with Crippen molar-refractivity contribution in [3.8, 4) is 0 Å². The molecule has 0 bridgehead atoms. The zero-order chi connectivity index (χ0) is 13.6. The number of carbonyl (C=O) groups excluding carboxylic acids is 1. The predicted octanol–water partition coefficient (Wildman–Crippen LogP) is 4.59. The van der Waals surface area contributed by atoms with Crippen LogP contribution in [0.4, 0.5) is 5.69 Å². The Hall–Kier alpha value is -1.35. The molecule has 3 rings (SSSR count). The highest BCUT2D eigenvalue weighted by molar-refractivity contribution is 9.10. The van der Waals surface area contributed by atoms with Crippen molar-refractivity contribution in [3.63, 3.8) is 0 Å². The van der Waals surface area contributed by atoms with Crippen LogP contribution in [0.15, 0.2) is 40.9 Å². The number of fused-ring (bicyclic) bond motifs is 1. The number of nitrogens with one attached hydrogen (secondary N) is 1. The fourth-order valence-corrected chi connectivity index (χ4v) is 2.82. The molecule has 1 atom stereocenters. The molecule has 2 aromatic rings. The molecule has 1 saturated carbocycles. The monoisotopic (exact) mass is 317 g/mol. The van der Waals surface area contributed by atoms with Gasteiger partial charge in [-0.3, -0.25) is 4.79 Å². The normalized spacial score (nSPS) is 20.3. The lowest BCUT2D eigenvalue weighted by atomic mass is 10.1. The quantitative estimate of drug-likeness (QED) is 0.862. The Morgan fingerprint density at radius 3 is 2.53 bits per heavy atom. The van der Waals surface area contributed by atoms with E-state index in [9.17, 15) is 4.79 Å². The third-order valence-electron chi connectivity index (χ3n) is 3.90. The van der Waals surface area contributed by atoms with Gasteiger partial charge in [0.2, 0.25) is 5.91 Å². The second-order valence-electron chi connectivity index (χ2n) is 5.94. The summed E-state index contributed by atoms with van der Waals surface area (Å²) >= 11 is 3.46. The molecular weight excluding hydrogens is 302 g/mol. The maximum atomic E-state index is 12.1. The fourth-order valence-electron chi connectivity index (χ4n) is 2.44. The fraction of sp³-hybridized carbons (Fsp3) is 0.312. The van der Waals surface area contributed by atoms with Gasteiger partial charge in [-0.2, -0.15) is 0 Å². The summed E-state index contributed by atoms with van der Waals surface area (Å²) in [6, 6.07) is 12.2. The number of amides is 1. The van der Waals surface area contributed by atoms with Crippen molar-refractivity contribution in [1.82, 2.24) is 0 Å². The lowest BCUT2D eigenvalue weighted by molar-refractivity contribution is -0.117. The number of hydrogen-bond donors (Lipinski definition) is 1. The number of carbonyl (C=O) groups is 1. The summed E-state index contributed by atoms with van der Waals surface area (Å²) < 4.78 is 1.07. The molecule has 1 unspecified atom stereocenters. The first-order valence-electron chi connectivity index (χ1n) is 6.46. The van der Waals surface area contributed by atoms with Gasteiger partial charge in [0, 0.05) is 16.1 Å². The Morgan fingerprint density at radius 1 is 1.21 bits per heavy atom. The van der Waals surface area contributed by atoms with Gasteiger partial charge in [0.15, 0.2) is 0 Å². The highest BCUT2D eigenvalue weighted by Crippen LogP contribution is 2.52. The van der Waals surface area contributed by atoms with E-state index in [0.717, 1.165) is 22.0 Å². The van der Waals surface area contributed by atoms with E-state index in [2.05, 4.69) is 47.2 Å². The van der Waals surface area contributed by atoms with Crippen molar-refractivity contribution in [2.45, 2.75) is 20.3 Å². The molecule has 1 aliphatic carbocycles. The van der Waals surface area contributed by atoms with Crippen molar-refractivity contribution in [2.75, 3.05) is 5.32 Å². The molecule has 1 amide bonds. The molecule has 0 aliphatic heterocycles. The maximum Gasteiger partial charge on any atom is 0.228 e. The van der Waals surface area contributed by atoms with Crippen molar-refractivity contribution in [3.05, 3.63) is 40.9 Å². The second kappa shape index (κ2) is 4.34. The zero-order valence-corrected chi connectivity index (χ0v) is 12.6. The summed E-state index contributed by atoms with van der Waals surface area (Å²) in [6.45, 7) is 4.27. The van der Waals surface area contributed by atoms with E-state index < -0.39 is 0 Å². The number of rotatable bonds is 2. The molecule has 1 aliphatic rings. The third kappa shape index (κ3) is 2.52. The number of benzene rings is 2. The Bertz CT molecular complexity index is 663. The van der Waals surface area contributed by atoms with Crippen LogP contribution in [0.2, 0.25) is 0 Å². The van der Waals surface area contributed by atoms with Gasteiger partial charge in [-0.25, -0.2) is 0 Å². The first-order valence-corrected chi connectivity index (χ1v) is 7.25. The molecule has 2 nitrogen and oxygen atoms in total. The third-order valence-corrected chi connectivity index (χ3v) is 4.39. The van der Waals surface area contributed by atoms with Crippen LogP contribution in [0.1, 0.15) is 20.3 Å². The Kier molecular flexibility index (Phi) is 2.90. The molecule has 0 spiro atoms. The van der Waals surface area contributed by atoms with E-state index in [4.69, 9.17) is 0 Å². The van der Waals surface area contributed by atoms with Gasteiger partial charge >= 0.3 is 0 Å². The van der Waals surface area contributed by atoms with Crippen molar-refractivity contribution in [1.29, 1.82) is 0 Å². The largest absolute Gasteiger partial charge is 0.326 e. The van der Waals surface area contributed by atoms with E-state index in [1.807, 2.05) is 24.3 Å². The minimum absolute atomic E-state index is 0.140. The lowest BCUT2D eigenvalue weighted by Gasteiger charge is -2.08. The van der Waals surface area contributed by atoms with Crippen LogP contribution in [-0.4, -0.2) is 5.91 Å². The summed E-state index contributed by atoms with van der Waals surface area (Å²) in [5.41, 5.74) is 1.05. The molecule has 1 fully saturated rings. The van der Waals surface area contributed by atoms with Crippen molar-refractivity contribution in [2.24, 2.45) is 11.3 Å². The SMILES string of the molecule is CC1(C)CC1C(=O)Nc1ccc2cc(Br)ccc2c1. The zero-order valence-electron chi connectivity index (χ0n) is 11.0. The minimum atomic E-state index is 0.140. The van der Waals surface area contributed by atoms with Crippen LogP contribution in [0.25, 0.3) is 10.8 Å². The molecule has 3 heteroatoms. The summed E-state index contributed by atoms with van der Waals surface area (Å²) in [5.74, 6) is 0.301. The van der Waals surface area contributed by atoms with Crippen LogP contribution in [0, 0.1) is 11.3 Å². The number of hydrogen-bond acceptors (Lipinski definition) is 1. The lowest BCUT2D eigenvalue weighted by Crippen LogP contribution is -2.16. The first kappa shape index (κ1) is 12.7. The Morgan fingerprint density at radius 2 is 1.84 bits per heavy atom. The van der Waals surface area contributed by atoms with E-state index in [1.165, 1.54) is 5.39 Å². The van der Waals surface area contributed by atoms with E-state index >= 15 is 0 Å². The minimum Gasteiger partial charge on any atom is -0.326 e. The summed E-state index contributed by atoms with van der Waals surface area (Å²) in [4.78, 5) is 12.1. The Labute approximate surface area is 121 Å². The van der Waals surface area contributed by atoms with E-state index in [-0.39, 0.29) is 17.2 Å². The van der Waals surface area contributed by atoms with Crippen LogP contribution >= 0.6 is 15.9 Å². The smallest absolute Gasteiger partial charge is 0.228 e. The summed E-state index contributed by atoms with van der Waals surface area (Å²) in [5, 5.41) is 5.32. The van der Waals surface area contributed by atoms with Gasteiger partial charge in [-0.05, 0) is 46.9 Å². The molecule has 1 N–H and O–H groups in total. The van der Waals surface area contributed by atoms with Gasteiger partial charge in [-0.15, -0.1) is 0 Å². The van der Waals surface area contributed by atoms with Crippen LogP contribution in [-0.2, 0) is 4.79 Å². The molecule has 19 heavy (non-hydrogen) atoms. The molecule has 0 radical (unpaired) electrons. The Balaban J connectivity index is 1.82. The van der Waals surface area contributed by atoms with Gasteiger partial charge in [0.05, 0.1) is 0 Å². The van der Waals surface area contributed by atoms with Crippen LogP contribution in [0.5, 0.6) is 0 Å². The average Bonchev–Trinajstić information content (AvgIpc) is 2.99. The molecule has 0 heterocycles. The predicted molar refractivity (Wildman–Crippen MR) is 82.2 cm³/mol. The first-order chi connectivity index (χ1) is 8.95. The highest BCUT2D eigenvalue weighted by atomic mass is 79.9. The second-order valence-corrected chi connectivity index (χ2v) is 6.86. The highest BCUT2D eigenvalue weighted by Gasteiger charge is 2.50. The molecule has 0 saturated heterocycles. The number of halogens is 1. The summed E-state index contributed by atoms with van der Waals surface area (Å²) in [7, 11) is 0. The van der Waals surface area contributed by atoms with Crippen molar-refractivity contribution < 1.29 is 4.79 Å². The van der Waals surface area contributed by atoms with Crippen LogP contribution < -0.4 is 5.32 Å². The standard InChI is InChI=1S/C16H16BrNO/c1-16(2)9-14(16)15(19)18-13-6-4-10-7-12(17)5-3-11(10)8-13/h3-8,14H,9H2,1-2H3,(H,18,19). The van der Waals surface area contributed by atoms with E-state index in [0.29, 0.717) is 0 Å². The summed E-state index contributed by atoms with van der Waals surface area (Å²) in [6.07, 6.45) is 0.985. The van der Waals surface area contributed by atoms with Gasteiger partial charge < -0.3 is 5.32 Å². The molecule has 0 aromatic heterocycles. The topological polar surface area (TPSA) is 29.1 Å². The van der Waals surface area contributed by atoms with Gasteiger partial charge in [0.1, 0.15) is 0 Å². The van der Waals surface area contributed by atoms with Gasteiger partial charge in [0.25, 0.3) is 0 Å². The molecular formula is C16H16BrNO. The van der Waals surface area contributed by atoms with E-state index in [1.54, 1.807) is 0 Å². The maximum absolute atomic E-state index is 12.1. The van der Waals surface area contributed by atoms with Crippen molar-refractivity contribution >= 4 is 38.3 Å². The average molecular weight is 318 g/mol. The molecule has 2 aromatic carbocycles.